The molecule has 3 heteroatoms. The summed E-state index contributed by atoms with van der Waals surface area (Å²) in [6.07, 6.45) is 1.91. The third-order valence-electron chi connectivity index (χ3n) is 1.83. The average molecular weight is 212 g/mol. The molecule has 0 rings (SSSR count). The maximum atomic E-state index is 11.5. The topological polar surface area (TPSA) is 43.4 Å². The molecule has 0 aromatic heterocycles. The van der Waals surface area contributed by atoms with Gasteiger partial charge in [-0.2, -0.15) is 0 Å². The number of esters is 1. The third kappa shape index (κ3) is 6.05. The van der Waals surface area contributed by atoms with E-state index in [4.69, 9.17) is 4.74 Å². The van der Waals surface area contributed by atoms with Crippen LogP contribution in [0.4, 0.5) is 0 Å². The number of carbonyl (C=O) groups is 2. The summed E-state index contributed by atoms with van der Waals surface area (Å²) in [5.41, 5.74) is -0.0782. The van der Waals surface area contributed by atoms with Crippen molar-refractivity contribution in [2.45, 2.75) is 34.1 Å². The molecule has 0 aromatic rings. The van der Waals surface area contributed by atoms with Crippen LogP contribution in [-0.4, -0.2) is 18.4 Å². The Labute approximate surface area is 91.5 Å². The molecule has 0 fully saturated rings. The molecule has 0 aromatic carbocycles. The maximum Gasteiger partial charge on any atom is 0.316 e. The zero-order valence-corrected chi connectivity index (χ0v) is 10.0. The molecular formula is C12H20O3. The van der Waals surface area contributed by atoms with Crippen molar-refractivity contribution in [2.24, 2.45) is 11.3 Å². The van der Waals surface area contributed by atoms with Crippen molar-refractivity contribution in [3.8, 4) is 0 Å². The largest absolute Gasteiger partial charge is 0.465 e. The second kappa shape index (κ2) is 5.69. The zero-order chi connectivity index (χ0) is 12.1. The number of allylic oxidation sites excluding steroid dienone is 1. The van der Waals surface area contributed by atoms with E-state index in [1.807, 2.05) is 20.8 Å². The van der Waals surface area contributed by atoms with E-state index in [1.54, 1.807) is 6.08 Å². The van der Waals surface area contributed by atoms with Crippen molar-refractivity contribution in [1.29, 1.82) is 0 Å². The summed E-state index contributed by atoms with van der Waals surface area (Å²) in [7, 11) is 0. The summed E-state index contributed by atoms with van der Waals surface area (Å²) >= 11 is 0. The van der Waals surface area contributed by atoms with E-state index in [2.05, 4.69) is 6.58 Å². The quantitative estimate of drug-likeness (QED) is 0.399. The van der Waals surface area contributed by atoms with E-state index in [1.165, 1.54) is 6.92 Å². The third-order valence-corrected chi connectivity index (χ3v) is 1.83. The first kappa shape index (κ1) is 13.9. The van der Waals surface area contributed by atoms with E-state index in [0.717, 1.165) is 0 Å². The van der Waals surface area contributed by atoms with Crippen LogP contribution >= 0.6 is 0 Å². The Bertz CT molecular complexity index is 248. The van der Waals surface area contributed by atoms with Crippen LogP contribution in [-0.2, 0) is 14.3 Å². The molecule has 0 aliphatic rings. The summed E-state index contributed by atoms with van der Waals surface area (Å²) in [6.45, 7) is 11.1. The highest BCUT2D eigenvalue weighted by Crippen LogP contribution is 2.15. The van der Waals surface area contributed by atoms with Gasteiger partial charge in [0.25, 0.3) is 0 Å². The molecule has 1 atom stereocenters. The monoisotopic (exact) mass is 212 g/mol. The van der Waals surface area contributed by atoms with Crippen LogP contribution in [0.2, 0.25) is 0 Å². The van der Waals surface area contributed by atoms with Gasteiger partial charge in [-0.1, -0.05) is 26.8 Å². The van der Waals surface area contributed by atoms with Crippen LogP contribution in [0.25, 0.3) is 0 Å². The highest BCUT2D eigenvalue weighted by atomic mass is 16.5. The highest BCUT2D eigenvalue weighted by Gasteiger charge is 2.24. The molecule has 0 amide bonds. The molecule has 0 radical (unpaired) electrons. The van der Waals surface area contributed by atoms with Gasteiger partial charge in [-0.3, -0.25) is 9.59 Å². The Morgan fingerprint density at radius 1 is 1.40 bits per heavy atom. The number of ketones is 1. The lowest BCUT2D eigenvalue weighted by Crippen LogP contribution is -2.27. The Kier molecular flexibility index (Phi) is 5.26. The van der Waals surface area contributed by atoms with Crippen molar-refractivity contribution in [3.63, 3.8) is 0 Å². The molecule has 3 nitrogen and oxygen atoms in total. The first-order valence-corrected chi connectivity index (χ1v) is 5.06. The van der Waals surface area contributed by atoms with Crippen LogP contribution in [0.3, 0.4) is 0 Å². The average Bonchev–Trinajstić information content (AvgIpc) is 2.08. The predicted molar refractivity (Wildman–Crippen MR) is 59.4 cm³/mol. The Balaban J connectivity index is 4.27. The molecule has 1 unspecified atom stereocenters. The molecule has 0 heterocycles. The molecule has 0 saturated carbocycles. The molecule has 0 saturated heterocycles. The number of Topliss-reactive ketones (excluding diaryl/α,β-unsaturated/α-hetero) is 1. The molecule has 15 heavy (non-hydrogen) atoms. The molecule has 0 aliphatic heterocycles. The lowest BCUT2D eigenvalue weighted by molar-refractivity contribution is -0.153. The zero-order valence-electron chi connectivity index (χ0n) is 10.0. The van der Waals surface area contributed by atoms with Gasteiger partial charge in [-0.25, -0.2) is 0 Å². The van der Waals surface area contributed by atoms with Gasteiger partial charge in [0.1, 0.15) is 11.7 Å². The number of hydrogen-bond donors (Lipinski definition) is 0. The Morgan fingerprint density at radius 2 is 1.93 bits per heavy atom. The Hall–Kier alpha value is -1.12. The van der Waals surface area contributed by atoms with E-state index in [-0.39, 0.29) is 11.2 Å². The van der Waals surface area contributed by atoms with Crippen molar-refractivity contribution in [3.05, 3.63) is 12.7 Å². The normalized spacial score (nSPS) is 13.1. The number of carbonyl (C=O) groups excluding carboxylic acids is 2. The van der Waals surface area contributed by atoms with Crippen LogP contribution < -0.4 is 0 Å². The summed E-state index contributed by atoms with van der Waals surface area (Å²) in [4.78, 5) is 22.7. The van der Waals surface area contributed by atoms with Gasteiger partial charge in [-0.05, 0) is 18.8 Å². The van der Waals surface area contributed by atoms with E-state index >= 15 is 0 Å². The standard InChI is InChI=1S/C12H20O3/c1-6-7-10(9(2)13)11(14)15-8-12(3,4)5/h6,10H,1,7-8H2,2-5H3. The van der Waals surface area contributed by atoms with E-state index in [0.29, 0.717) is 13.0 Å². The molecule has 0 aliphatic carbocycles. The molecule has 0 bridgehead atoms. The van der Waals surface area contributed by atoms with E-state index in [9.17, 15) is 9.59 Å². The summed E-state index contributed by atoms with van der Waals surface area (Å²) in [6, 6.07) is 0. The van der Waals surface area contributed by atoms with Crippen LogP contribution in [0.15, 0.2) is 12.7 Å². The summed E-state index contributed by atoms with van der Waals surface area (Å²) in [5, 5.41) is 0. The summed E-state index contributed by atoms with van der Waals surface area (Å²) in [5.74, 6) is -1.31. The highest BCUT2D eigenvalue weighted by molar-refractivity contribution is 5.97. The minimum absolute atomic E-state index is 0.0782. The SMILES string of the molecule is C=CCC(C(C)=O)C(=O)OCC(C)(C)C. The predicted octanol–water partition coefficient (Wildman–Crippen LogP) is 2.36. The fraction of sp³-hybridized carbons (Fsp3) is 0.667. The minimum Gasteiger partial charge on any atom is -0.465 e. The molecule has 0 spiro atoms. The first-order valence-electron chi connectivity index (χ1n) is 5.06. The fourth-order valence-corrected chi connectivity index (χ4v) is 0.983. The van der Waals surface area contributed by atoms with Crippen molar-refractivity contribution in [1.82, 2.24) is 0 Å². The lowest BCUT2D eigenvalue weighted by Gasteiger charge is -2.19. The lowest BCUT2D eigenvalue weighted by atomic mass is 9.98. The van der Waals surface area contributed by atoms with Crippen LogP contribution in [0.1, 0.15) is 34.1 Å². The second-order valence-corrected chi connectivity index (χ2v) is 4.86. The molecule has 86 valence electrons. The van der Waals surface area contributed by atoms with Gasteiger partial charge in [0, 0.05) is 0 Å². The smallest absolute Gasteiger partial charge is 0.316 e. The van der Waals surface area contributed by atoms with Gasteiger partial charge in [0.05, 0.1) is 6.61 Å². The minimum atomic E-state index is -0.690. The van der Waals surface area contributed by atoms with Crippen LogP contribution in [0, 0.1) is 11.3 Å². The van der Waals surface area contributed by atoms with Gasteiger partial charge in [0.15, 0.2) is 0 Å². The van der Waals surface area contributed by atoms with Gasteiger partial charge in [0.2, 0.25) is 0 Å². The molecule has 0 N–H and O–H groups in total. The number of hydrogen-bond acceptors (Lipinski definition) is 3. The van der Waals surface area contributed by atoms with Gasteiger partial charge < -0.3 is 4.74 Å². The first-order chi connectivity index (χ1) is 6.78. The van der Waals surface area contributed by atoms with Crippen molar-refractivity contribution < 1.29 is 14.3 Å². The Morgan fingerprint density at radius 3 is 2.27 bits per heavy atom. The number of ether oxygens (including phenoxy) is 1. The van der Waals surface area contributed by atoms with Gasteiger partial charge >= 0.3 is 5.97 Å². The van der Waals surface area contributed by atoms with Crippen molar-refractivity contribution in [2.75, 3.05) is 6.61 Å². The molecular weight excluding hydrogens is 192 g/mol. The van der Waals surface area contributed by atoms with Gasteiger partial charge in [-0.15, -0.1) is 6.58 Å². The second-order valence-electron chi connectivity index (χ2n) is 4.86. The number of rotatable bonds is 5. The summed E-state index contributed by atoms with van der Waals surface area (Å²) < 4.78 is 5.07. The maximum absolute atomic E-state index is 11.5. The van der Waals surface area contributed by atoms with Crippen molar-refractivity contribution >= 4 is 11.8 Å². The van der Waals surface area contributed by atoms with E-state index < -0.39 is 11.9 Å². The van der Waals surface area contributed by atoms with Crippen LogP contribution in [0.5, 0.6) is 0 Å². The fourth-order valence-electron chi connectivity index (χ4n) is 0.983.